The Morgan fingerprint density at radius 1 is 0.875 bits per heavy atom. The zero-order chi connectivity index (χ0) is 28.9. The molecule has 5 heteroatoms. The van der Waals surface area contributed by atoms with E-state index in [-0.39, 0.29) is 24.7 Å². The van der Waals surface area contributed by atoms with E-state index in [1.165, 1.54) is 68.7 Å². The maximum atomic E-state index is 12.0. The molecule has 1 aliphatic rings. The number of hydrogen-bond acceptors (Lipinski definition) is 5. The van der Waals surface area contributed by atoms with Crippen LogP contribution in [0.3, 0.4) is 0 Å². The average Bonchev–Trinajstić information content (AvgIpc) is 2.97. The Labute approximate surface area is 240 Å². The van der Waals surface area contributed by atoms with Crippen LogP contribution in [-0.2, 0) is 31.9 Å². The number of hydrogen-bond donors (Lipinski definition) is 1. The highest BCUT2D eigenvalue weighted by Gasteiger charge is 2.21. The molecule has 1 N–H and O–H groups in total. The van der Waals surface area contributed by atoms with E-state index >= 15 is 0 Å². The Morgan fingerprint density at radius 2 is 1.45 bits per heavy atom. The van der Waals surface area contributed by atoms with Crippen LogP contribution < -0.4 is 0 Å². The highest BCUT2D eigenvalue weighted by Crippen LogP contribution is 2.34. The molecule has 1 atom stereocenters. The van der Waals surface area contributed by atoms with E-state index < -0.39 is 18.5 Å². The van der Waals surface area contributed by atoms with E-state index in [0.717, 1.165) is 29.2 Å². The Balaban J connectivity index is 1.56. The Bertz CT molecular complexity index is 1140. The van der Waals surface area contributed by atoms with Crippen LogP contribution in [0.2, 0.25) is 0 Å². The molecule has 0 heterocycles. The molecule has 0 amide bonds. The van der Waals surface area contributed by atoms with Crippen molar-refractivity contribution in [2.24, 2.45) is 17.8 Å². The van der Waals surface area contributed by atoms with Crippen molar-refractivity contribution in [3.05, 3.63) is 71.8 Å². The molecule has 0 radical (unpaired) electrons. The number of carbonyl (C=O) groups excluding carboxylic acids is 2. The second-order valence-electron chi connectivity index (χ2n) is 11.7. The molecule has 1 aliphatic carbocycles. The van der Waals surface area contributed by atoms with Crippen molar-refractivity contribution in [1.29, 1.82) is 0 Å². The third-order valence-electron chi connectivity index (χ3n) is 8.25. The van der Waals surface area contributed by atoms with Crippen molar-refractivity contribution in [3.8, 4) is 0 Å². The molecule has 0 spiro atoms. The zero-order valence-corrected chi connectivity index (χ0v) is 24.6. The largest absolute Gasteiger partial charge is 0.462 e. The average molecular weight is 549 g/mol. The summed E-state index contributed by atoms with van der Waals surface area (Å²) in [6.07, 6.45) is 14.1. The maximum absolute atomic E-state index is 12.0. The first-order chi connectivity index (χ1) is 19.3. The summed E-state index contributed by atoms with van der Waals surface area (Å²) in [7, 11) is 0. The zero-order valence-electron chi connectivity index (χ0n) is 24.6. The minimum Gasteiger partial charge on any atom is -0.462 e. The van der Waals surface area contributed by atoms with Crippen LogP contribution in [0.4, 0.5) is 0 Å². The van der Waals surface area contributed by atoms with E-state index in [9.17, 15) is 9.59 Å². The molecule has 3 rings (SSSR count). The van der Waals surface area contributed by atoms with Gasteiger partial charge < -0.3 is 14.6 Å². The van der Waals surface area contributed by atoms with Crippen molar-refractivity contribution in [1.82, 2.24) is 0 Å². The molecule has 218 valence electrons. The summed E-state index contributed by atoms with van der Waals surface area (Å²) in [5.41, 5.74) is 2.78. The predicted molar refractivity (Wildman–Crippen MR) is 162 cm³/mol. The highest BCUT2D eigenvalue weighted by molar-refractivity contribution is 5.88. The summed E-state index contributed by atoms with van der Waals surface area (Å²) in [6, 6.07) is 13.1. The normalized spacial score (nSPS) is 17.8. The van der Waals surface area contributed by atoms with Gasteiger partial charge in [0.2, 0.25) is 0 Å². The first kappa shape index (κ1) is 31.6. The van der Waals surface area contributed by atoms with E-state index in [2.05, 4.69) is 56.5 Å². The van der Waals surface area contributed by atoms with Gasteiger partial charge in [0, 0.05) is 11.5 Å². The first-order valence-electron chi connectivity index (χ1n) is 15.1. The van der Waals surface area contributed by atoms with Gasteiger partial charge in [-0.1, -0.05) is 108 Å². The Hall–Kier alpha value is -2.92. The number of benzene rings is 2. The number of unbranched alkanes of at least 4 members (excludes halogenated alkanes) is 2. The van der Waals surface area contributed by atoms with Crippen molar-refractivity contribution >= 4 is 22.7 Å². The molecule has 0 aromatic heterocycles. The van der Waals surface area contributed by atoms with E-state index in [1.54, 1.807) is 6.92 Å². The maximum Gasteiger partial charge on any atom is 0.335 e. The van der Waals surface area contributed by atoms with Crippen molar-refractivity contribution in [2.45, 2.75) is 84.5 Å². The molecule has 1 unspecified atom stereocenters. The number of carbonyl (C=O) groups is 2. The molecular weight excluding hydrogens is 500 g/mol. The molecule has 0 aliphatic heterocycles. The van der Waals surface area contributed by atoms with Gasteiger partial charge in [0.1, 0.15) is 0 Å². The summed E-state index contributed by atoms with van der Waals surface area (Å²) in [6.45, 7) is 10.7. The SMILES string of the molecule is C=C(C)C(=O)OCC(COC(=O)C(=C)CO)Cc1ccc2cc(CCC3CCC(CCCCC)CC3)ccc2c1. The number of ether oxygens (including phenoxy) is 2. The number of rotatable bonds is 16. The molecule has 1 saturated carbocycles. The lowest BCUT2D eigenvalue weighted by atomic mass is 9.77. The van der Waals surface area contributed by atoms with Crippen LogP contribution in [0.1, 0.15) is 82.8 Å². The van der Waals surface area contributed by atoms with Crippen LogP contribution in [0.15, 0.2) is 60.7 Å². The van der Waals surface area contributed by atoms with E-state index in [0.29, 0.717) is 12.0 Å². The lowest BCUT2D eigenvalue weighted by Gasteiger charge is -2.28. The minimum absolute atomic E-state index is 0.00530. The van der Waals surface area contributed by atoms with Crippen molar-refractivity contribution < 1.29 is 24.2 Å². The number of fused-ring (bicyclic) bond motifs is 1. The molecule has 2 aromatic carbocycles. The predicted octanol–water partition coefficient (Wildman–Crippen LogP) is 7.53. The fraction of sp³-hybridized carbons (Fsp3) is 0.543. The topological polar surface area (TPSA) is 72.8 Å². The summed E-state index contributed by atoms with van der Waals surface area (Å²) in [5.74, 6) is 0.465. The van der Waals surface area contributed by atoms with Gasteiger partial charge >= 0.3 is 11.9 Å². The van der Waals surface area contributed by atoms with Crippen LogP contribution in [-0.4, -0.2) is 36.9 Å². The second kappa shape index (κ2) is 16.4. The van der Waals surface area contributed by atoms with Gasteiger partial charge in [-0.15, -0.1) is 0 Å². The molecule has 40 heavy (non-hydrogen) atoms. The monoisotopic (exact) mass is 548 g/mol. The van der Waals surface area contributed by atoms with Gasteiger partial charge in [-0.05, 0) is 59.9 Å². The molecular formula is C35H48O5. The van der Waals surface area contributed by atoms with Crippen molar-refractivity contribution in [3.63, 3.8) is 0 Å². The molecule has 0 bridgehead atoms. The summed E-state index contributed by atoms with van der Waals surface area (Å²) in [4.78, 5) is 23.9. The van der Waals surface area contributed by atoms with E-state index in [4.69, 9.17) is 14.6 Å². The standard InChI is InChI=1S/C35H48O5/c1-5-6-7-8-27-9-11-28(12-10-27)13-14-29-15-17-33-21-30(16-18-32(33)20-29)19-31(23-39-34(37)25(2)3)24-40-35(38)26(4)22-36/h15-18,20-21,27-28,31,36H,2,4-14,19,22-24H2,1,3H3. The van der Waals surface area contributed by atoms with Gasteiger partial charge in [0.25, 0.3) is 0 Å². The quantitative estimate of drug-likeness (QED) is 0.133. The first-order valence-corrected chi connectivity index (χ1v) is 15.1. The minimum atomic E-state index is -0.648. The number of aliphatic hydroxyl groups is 1. The number of aliphatic hydroxyl groups excluding tert-OH is 1. The second-order valence-corrected chi connectivity index (χ2v) is 11.7. The van der Waals surface area contributed by atoms with Gasteiger partial charge in [-0.2, -0.15) is 0 Å². The fourth-order valence-electron chi connectivity index (χ4n) is 5.67. The Kier molecular flexibility index (Phi) is 12.9. The number of esters is 2. The van der Waals surface area contributed by atoms with Crippen LogP contribution in [0, 0.1) is 17.8 Å². The molecule has 5 nitrogen and oxygen atoms in total. The summed E-state index contributed by atoms with van der Waals surface area (Å²) < 4.78 is 10.7. The van der Waals surface area contributed by atoms with Gasteiger partial charge in [-0.3, -0.25) is 0 Å². The lowest BCUT2D eigenvalue weighted by molar-refractivity contribution is -0.144. The number of aryl methyl sites for hydroxylation is 1. The van der Waals surface area contributed by atoms with Crippen LogP contribution in [0.5, 0.6) is 0 Å². The van der Waals surface area contributed by atoms with Gasteiger partial charge in [0.05, 0.1) is 25.4 Å². The summed E-state index contributed by atoms with van der Waals surface area (Å²) in [5, 5.41) is 11.5. The van der Waals surface area contributed by atoms with Gasteiger partial charge in [-0.25, -0.2) is 9.59 Å². The lowest BCUT2D eigenvalue weighted by Crippen LogP contribution is -2.24. The van der Waals surface area contributed by atoms with Crippen LogP contribution in [0.25, 0.3) is 10.8 Å². The van der Waals surface area contributed by atoms with Crippen molar-refractivity contribution in [2.75, 3.05) is 19.8 Å². The third kappa shape index (κ3) is 10.2. The highest BCUT2D eigenvalue weighted by atomic mass is 16.5. The van der Waals surface area contributed by atoms with E-state index in [1.807, 2.05) is 0 Å². The smallest absolute Gasteiger partial charge is 0.335 e. The Morgan fingerprint density at radius 3 is 2.05 bits per heavy atom. The third-order valence-corrected chi connectivity index (χ3v) is 8.25. The summed E-state index contributed by atoms with van der Waals surface area (Å²) >= 11 is 0. The van der Waals surface area contributed by atoms with Crippen LogP contribution >= 0.6 is 0 Å². The fourth-order valence-corrected chi connectivity index (χ4v) is 5.67. The molecule has 2 aromatic rings. The van der Waals surface area contributed by atoms with Gasteiger partial charge in [0.15, 0.2) is 0 Å². The molecule has 0 saturated heterocycles. The molecule has 1 fully saturated rings.